The van der Waals surface area contributed by atoms with Crippen LogP contribution in [0.15, 0.2) is 36.7 Å². The van der Waals surface area contributed by atoms with Gasteiger partial charge in [-0.05, 0) is 18.6 Å². The topological polar surface area (TPSA) is 89.0 Å². The predicted molar refractivity (Wildman–Crippen MR) is 102 cm³/mol. The van der Waals surface area contributed by atoms with E-state index in [2.05, 4.69) is 14.7 Å². The van der Waals surface area contributed by atoms with E-state index in [0.717, 1.165) is 0 Å². The van der Waals surface area contributed by atoms with Crippen molar-refractivity contribution in [1.82, 2.24) is 9.97 Å². The van der Waals surface area contributed by atoms with E-state index in [1.807, 2.05) is 0 Å². The van der Waals surface area contributed by atoms with Gasteiger partial charge >= 0.3 is 0 Å². The van der Waals surface area contributed by atoms with Gasteiger partial charge in [0.2, 0.25) is 15.8 Å². The van der Waals surface area contributed by atoms with Crippen LogP contribution >= 0.6 is 11.6 Å². The monoisotopic (exact) mass is 425 g/mol. The highest BCUT2D eigenvalue weighted by atomic mass is 35.5. The van der Waals surface area contributed by atoms with Crippen molar-refractivity contribution in [3.63, 3.8) is 0 Å². The molecule has 0 radical (unpaired) electrons. The predicted octanol–water partition coefficient (Wildman–Crippen LogP) is 3.94. The normalized spacial score (nSPS) is 11.6. The van der Waals surface area contributed by atoms with Crippen LogP contribution < -0.4 is 4.72 Å². The fourth-order valence-corrected chi connectivity index (χ4v) is 4.05. The number of aromatic nitrogens is 2. The Hall–Kier alpha value is -2.65. The standard InChI is InChI=1S/C18H14ClF2N3O3S/c1-2-6-28(26,27)24-12-8-11(20)17(21)15(16(12)19)18(25)13-7-10-4-3-5-22-14(10)9-23-13/h3-5,7-9,24H,2,6H2,1H3. The molecular weight excluding hydrogens is 412 g/mol. The lowest BCUT2D eigenvalue weighted by Gasteiger charge is -2.13. The second-order valence-corrected chi connectivity index (χ2v) is 8.14. The van der Waals surface area contributed by atoms with Crippen molar-refractivity contribution in [2.45, 2.75) is 13.3 Å². The van der Waals surface area contributed by atoms with Gasteiger partial charge in [0.15, 0.2) is 11.6 Å². The Kier molecular flexibility index (Phi) is 5.57. The number of fused-ring (bicyclic) bond motifs is 1. The summed E-state index contributed by atoms with van der Waals surface area (Å²) in [5.74, 6) is -4.13. The highest BCUT2D eigenvalue weighted by molar-refractivity contribution is 7.92. The molecule has 0 atom stereocenters. The quantitative estimate of drug-likeness (QED) is 0.477. The Morgan fingerprint density at radius 3 is 2.71 bits per heavy atom. The first-order chi connectivity index (χ1) is 13.2. The highest BCUT2D eigenvalue weighted by Gasteiger charge is 2.26. The summed E-state index contributed by atoms with van der Waals surface area (Å²) in [5.41, 5.74) is -0.890. The van der Waals surface area contributed by atoms with Gasteiger partial charge in [-0.15, -0.1) is 0 Å². The second kappa shape index (κ2) is 7.76. The van der Waals surface area contributed by atoms with E-state index < -0.39 is 43.7 Å². The molecule has 146 valence electrons. The van der Waals surface area contributed by atoms with Crippen LogP contribution in [0.2, 0.25) is 5.02 Å². The third-order valence-corrected chi connectivity index (χ3v) is 5.71. The summed E-state index contributed by atoms with van der Waals surface area (Å²) >= 11 is 6.06. The fourth-order valence-electron chi connectivity index (χ4n) is 2.59. The summed E-state index contributed by atoms with van der Waals surface area (Å²) < 4.78 is 54.4. The molecule has 2 aromatic heterocycles. The summed E-state index contributed by atoms with van der Waals surface area (Å²) in [4.78, 5) is 20.8. The van der Waals surface area contributed by atoms with Crippen LogP contribution in [0.5, 0.6) is 0 Å². The molecule has 2 heterocycles. The molecule has 0 saturated heterocycles. The Morgan fingerprint density at radius 1 is 1.25 bits per heavy atom. The molecular formula is C18H14ClF2N3O3S. The van der Waals surface area contributed by atoms with Gasteiger partial charge in [0.05, 0.1) is 33.7 Å². The zero-order valence-electron chi connectivity index (χ0n) is 14.5. The van der Waals surface area contributed by atoms with Crippen LogP contribution in [-0.2, 0) is 10.0 Å². The minimum Gasteiger partial charge on any atom is -0.287 e. The minimum atomic E-state index is -3.83. The number of anilines is 1. The zero-order valence-corrected chi connectivity index (χ0v) is 16.1. The molecule has 0 aliphatic carbocycles. The van der Waals surface area contributed by atoms with Crippen LogP contribution in [0.1, 0.15) is 29.4 Å². The van der Waals surface area contributed by atoms with Crippen molar-refractivity contribution in [1.29, 1.82) is 0 Å². The number of carbonyl (C=O) groups is 1. The van der Waals surface area contributed by atoms with Gasteiger partial charge in [0, 0.05) is 17.6 Å². The van der Waals surface area contributed by atoms with E-state index >= 15 is 0 Å². The van der Waals surface area contributed by atoms with E-state index in [9.17, 15) is 22.0 Å². The van der Waals surface area contributed by atoms with Gasteiger partial charge in [-0.3, -0.25) is 19.5 Å². The third-order valence-electron chi connectivity index (χ3n) is 3.84. The Morgan fingerprint density at radius 2 is 2.00 bits per heavy atom. The van der Waals surface area contributed by atoms with Crippen LogP contribution in [0.4, 0.5) is 14.5 Å². The van der Waals surface area contributed by atoms with E-state index in [1.165, 1.54) is 12.3 Å². The molecule has 1 aromatic carbocycles. The first kappa shape index (κ1) is 20.1. The number of ketones is 1. The molecule has 0 spiro atoms. The summed E-state index contributed by atoms with van der Waals surface area (Å²) in [6.07, 6.45) is 3.17. The van der Waals surface area contributed by atoms with Crippen LogP contribution in [0.25, 0.3) is 10.9 Å². The Balaban J connectivity index is 2.10. The molecule has 0 unspecified atom stereocenters. The summed E-state index contributed by atoms with van der Waals surface area (Å²) in [6, 6.07) is 5.28. The van der Waals surface area contributed by atoms with Gasteiger partial charge in [0.1, 0.15) is 5.69 Å². The van der Waals surface area contributed by atoms with Crippen molar-refractivity contribution < 1.29 is 22.0 Å². The molecule has 0 bridgehead atoms. The van der Waals surface area contributed by atoms with Gasteiger partial charge in [0.25, 0.3) is 0 Å². The molecule has 3 aromatic rings. The molecule has 0 amide bonds. The molecule has 3 rings (SSSR count). The van der Waals surface area contributed by atoms with E-state index in [-0.39, 0.29) is 11.4 Å². The number of benzene rings is 1. The number of rotatable bonds is 6. The molecule has 0 aliphatic heterocycles. The van der Waals surface area contributed by atoms with Crippen molar-refractivity contribution in [3.8, 4) is 0 Å². The molecule has 0 aliphatic rings. The molecule has 0 fully saturated rings. The lowest BCUT2D eigenvalue weighted by molar-refractivity contribution is 0.103. The van der Waals surface area contributed by atoms with Gasteiger partial charge in [-0.2, -0.15) is 0 Å². The molecule has 28 heavy (non-hydrogen) atoms. The SMILES string of the molecule is CCCS(=O)(=O)Nc1cc(F)c(F)c(C(=O)c2cc3cccnc3cn2)c1Cl. The van der Waals surface area contributed by atoms with E-state index in [0.29, 0.717) is 23.4 Å². The van der Waals surface area contributed by atoms with Gasteiger partial charge in [-0.1, -0.05) is 24.6 Å². The Bertz CT molecular complexity index is 1190. The lowest BCUT2D eigenvalue weighted by atomic mass is 10.0. The van der Waals surface area contributed by atoms with Crippen LogP contribution in [-0.4, -0.2) is 29.9 Å². The second-order valence-electron chi connectivity index (χ2n) is 5.92. The molecule has 10 heteroatoms. The number of hydrogen-bond donors (Lipinski definition) is 1. The smallest absolute Gasteiger partial charge is 0.232 e. The minimum absolute atomic E-state index is 0.186. The maximum atomic E-state index is 14.4. The number of halogens is 3. The summed E-state index contributed by atoms with van der Waals surface area (Å²) in [5, 5.41) is 0.0225. The largest absolute Gasteiger partial charge is 0.287 e. The summed E-state index contributed by atoms with van der Waals surface area (Å²) in [6.45, 7) is 1.64. The number of hydrogen-bond acceptors (Lipinski definition) is 5. The fraction of sp³-hybridized carbons (Fsp3) is 0.167. The molecule has 0 saturated carbocycles. The molecule has 6 nitrogen and oxygen atoms in total. The number of pyridine rings is 2. The average molecular weight is 426 g/mol. The van der Waals surface area contributed by atoms with E-state index in [4.69, 9.17) is 11.6 Å². The van der Waals surface area contributed by atoms with Crippen LogP contribution in [0, 0.1) is 11.6 Å². The zero-order chi connectivity index (χ0) is 20.5. The first-order valence-corrected chi connectivity index (χ1v) is 10.2. The van der Waals surface area contributed by atoms with Crippen molar-refractivity contribution in [2.24, 2.45) is 0 Å². The number of carbonyl (C=O) groups excluding carboxylic acids is 1. The number of nitrogens with zero attached hydrogens (tertiary/aromatic N) is 2. The number of nitrogens with one attached hydrogen (secondary N) is 1. The van der Waals surface area contributed by atoms with Crippen molar-refractivity contribution >= 4 is 44.0 Å². The Labute approximate surface area is 164 Å². The number of sulfonamides is 1. The van der Waals surface area contributed by atoms with Gasteiger partial charge < -0.3 is 0 Å². The summed E-state index contributed by atoms with van der Waals surface area (Å²) in [7, 11) is -3.83. The third kappa shape index (κ3) is 3.95. The average Bonchev–Trinajstić information content (AvgIpc) is 2.65. The van der Waals surface area contributed by atoms with Gasteiger partial charge in [-0.25, -0.2) is 17.2 Å². The van der Waals surface area contributed by atoms with E-state index in [1.54, 1.807) is 25.3 Å². The molecule has 1 N–H and O–H groups in total. The maximum absolute atomic E-state index is 14.4. The highest BCUT2D eigenvalue weighted by Crippen LogP contribution is 2.33. The van der Waals surface area contributed by atoms with Crippen LogP contribution in [0.3, 0.4) is 0 Å². The first-order valence-electron chi connectivity index (χ1n) is 8.17. The van der Waals surface area contributed by atoms with Crippen molar-refractivity contribution in [2.75, 3.05) is 10.5 Å². The lowest BCUT2D eigenvalue weighted by Crippen LogP contribution is -2.18. The van der Waals surface area contributed by atoms with Crippen molar-refractivity contribution in [3.05, 3.63) is 64.6 Å². The maximum Gasteiger partial charge on any atom is 0.232 e.